The van der Waals surface area contributed by atoms with Crippen LogP contribution in [0.1, 0.15) is 30.6 Å². The fraction of sp³-hybridized carbons (Fsp3) is 0.273. The first-order chi connectivity index (χ1) is 13.5. The van der Waals surface area contributed by atoms with Crippen LogP contribution in [0.3, 0.4) is 0 Å². The number of nitrogens with one attached hydrogen (secondary N) is 3. The average Bonchev–Trinajstić information content (AvgIpc) is 2.71. The first kappa shape index (κ1) is 21.0. The van der Waals surface area contributed by atoms with Gasteiger partial charge in [-0.05, 0) is 49.7 Å². The molecule has 0 saturated carbocycles. The predicted molar refractivity (Wildman–Crippen MR) is 113 cm³/mol. The molecule has 0 fully saturated rings. The van der Waals surface area contributed by atoms with Crippen molar-refractivity contribution in [2.45, 2.75) is 26.3 Å². The summed E-state index contributed by atoms with van der Waals surface area (Å²) in [7, 11) is 0. The monoisotopic (exact) mass is 381 g/mol. The first-order valence-corrected chi connectivity index (χ1v) is 9.30. The number of amides is 2. The SMILES string of the molecule is C=CCOc1ccccc1NCC(=O)Nc1ccc(C(=O)NC(C)CC)cc1. The van der Waals surface area contributed by atoms with Crippen LogP contribution >= 0.6 is 0 Å². The average molecular weight is 381 g/mol. The third kappa shape index (κ3) is 6.46. The predicted octanol–water partition coefficient (Wildman–Crippen LogP) is 3.83. The molecule has 1 unspecified atom stereocenters. The summed E-state index contributed by atoms with van der Waals surface area (Å²) in [6.07, 6.45) is 2.53. The highest BCUT2D eigenvalue weighted by Crippen LogP contribution is 2.23. The van der Waals surface area contributed by atoms with Crippen LogP contribution in [0.15, 0.2) is 61.2 Å². The van der Waals surface area contributed by atoms with Crippen molar-refractivity contribution < 1.29 is 14.3 Å². The number of carbonyl (C=O) groups is 2. The van der Waals surface area contributed by atoms with Crippen molar-refractivity contribution in [3.05, 3.63) is 66.7 Å². The molecule has 148 valence electrons. The molecular weight excluding hydrogens is 354 g/mol. The maximum atomic E-state index is 12.2. The Bertz CT molecular complexity index is 803. The zero-order chi connectivity index (χ0) is 20.4. The summed E-state index contributed by atoms with van der Waals surface area (Å²) >= 11 is 0. The lowest BCUT2D eigenvalue weighted by molar-refractivity contribution is -0.114. The molecule has 0 saturated heterocycles. The minimum atomic E-state index is -0.199. The van der Waals surface area contributed by atoms with Gasteiger partial charge in [0.2, 0.25) is 5.91 Å². The van der Waals surface area contributed by atoms with Gasteiger partial charge in [0, 0.05) is 17.3 Å². The Kier molecular flexibility index (Phi) is 8.09. The Morgan fingerprint density at radius 2 is 1.86 bits per heavy atom. The number of hydrogen-bond acceptors (Lipinski definition) is 4. The molecule has 0 aromatic heterocycles. The zero-order valence-electron chi connectivity index (χ0n) is 16.3. The van der Waals surface area contributed by atoms with Gasteiger partial charge in [0.25, 0.3) is 5.91 Å². The summed E-state index contributed by atoms with van der Waals surface area (Å²) in [6, 6.07) is 14.3. The second kappa shape index (κ2) is 10.8. The van der Waals surface area contributed by atoms with E-state index in [4.69, 9.17) is 4.74 Å². The maximum Gasteiger partial charge on any atom is 0.251 e. The summed E-state index contributed by atoms with van der Waals surface area (Å²) < 4.78 is 5.56. The van der Waals surface area contributed by atoms with Crippen LogP contribution in [0, 0.1) is 0 Å². The molecular formula is C22H27N3O3. The first-order valence-electron chi connectivity index (χ1n) is 9.30. The standard InChI is InChI=1S/C22H27N3O3/c1-4-14-28-20-9-7-6-8-19(20)23-15-21(26)25-18-12-10-17(11-13-18)22(27)24-16(3)5-2/h4,6-13,16,23H,1,5,14-15H2,2-3H3,(H,24,27)(H,25,26). The minimum absolute atomic E-state index is 0.0880. The highest BCUT2D eigenvalue weighted by Gasteiger charge is 2.09. The molecule has 0 spiro atoms. The molecule has 0 bridgehead atoms. The lowest BCUT2D eigenvalue weighted by Gasteiger charge is -2.13. The fourth-order valence-corrected chi connectivity index (χ4v) is 2.38. The quantitative estimate of drug-likeness (QED) is 0.547. The van der Waals surface area contributed by atoms with Crippen LogP contribution in [-0.2, 0) is 4.79 Å². The third-order valence-electron chi connectivity index (χ3n) is 4.10. The van der Waals surface area contributed by atoms with Crippen molar-refractivity contribution in [1.82, 2.24) is 5.32 Å². The van der Waals surface area contributed by atoms with Crippen LogP contribution < -0.4 is 20.7 Å². The fourth-order valence-electron chi connectivity index (χ4n) is 2.38. The zero-order valence-corrected chi connectivity index (χ0v) is 16.3. The summed E-state index contributed by atoms with van der Waals surface area (Å²) in [5.41, 5.74) is 1.92. The van der Waals surface area contributed by atoms with Gasteiger partial charge in [-0.15, -0.1) is 0 Å². The molecule has 0 aliphatic carbocycles. The molecule has 3 N–H and O–H groups in total. The highest BCUT2D eigenvalue weighted by atomic mass is 16.5. The topological polar surface area (TPSA) is 79.5 Å². The van der Waals surface area contributed by atoms with E-state index < -0.39 is 0 Å². The van der Waals surface area contributed by atoms with Crippen molar-refractivity contribution in [2.24, 2.45) is 0 Å². The van der Waals surface area contributed by atoms with E-state index in [1.165, 1.54) is 0 Å². The number of rotatable bonds is 10. The molecule has 1 atom stereocenters. The van der Waals surface area contributed by atoms with Crippen LogP contribution in [0.4, 0.5) is 11.4 Å². The number of anilines is 2. The Balaban J connectivity index is 1.88. The molecule has 28 heavy (non-hydrogen) atoms. The van der Waals surface area contributed by atoms with Gasteiger partial charge in [0.05, 0.1) is 12.2 Å². The number of ether oxygens (including phenoxy) is 1. The van der Waals surface area contributed by atoms with Crippen LogP contribution in [0.2, 0.25) is 0 Å². The molecule has 0 aliphatic heterocycles. The van der Waals surface area contributed by atoms with Gasteiger partial charge >= 0.3 is 0 Å². The van der Waals surface area contributed by atoms with Gasteiger partial charge in [-0.3, -0.25) is 9.59 Å². The largest absolute Gasteiger partial charge is 0.487 e. The van der Waals surface area contributed by atoms with E-state index >= 15 is 0 Å². The molecule has 0 aliphatic rings. The second-order valence-electron chi connectivity index (χ2n) is 6.36. The van der Waals surface area contributed by atoms with Crippen molar-refractivity contribution in [3.63, 3.8) is 0 Å². The second-order valence-corrected chi connectivity index (χ2v) is 6.36. The van der Waals surface area contributed by atoms with E-state index in [0.717, 1.165) is 12.1 Å². The highest BCUT2D eigenvalue weighted by molar-refractivity contribution is 5.96. The minimum Gasteiger partial charge on any atom is -0.487 e. The van der Waals surface area contributed by atoms with Crippen LogP contribution in [-0.4, -0.2) is 31.0 Å². The van der Waals surface area contributed by atoms with Gasteiger partial charge in [-0.2, -0.15) is 0 Å². The maximum absolute atomic E-state index is 12.2. The van der Waals surface area contributed by atoms with Crippen molar-refractivity contribution in [3.8, 4) is 5.75 Å². The Labute approximate surface area is 166 Å². The molecule has 6 heteroatoms. The molecule has 2 aromatic rings. The smallest absolute Gasteiger partial charge is 0.251 e. The van der Waals surface area contributed by atoms with E-state index in [-0.39, 0.29) is 24.4 Å². The van der Waals surface area contributed by atoms with Crippen molar-refractivity contribution >= 4 is 23.2 Å². The van der Waals surface area contributed by atoms with Gasteiger partial charge in [0.1, 0.15) is 12.4 Å². The van der Waals surface area contributed by atoms with E-state index in [0.29, 0.717) is 23.6 Å². The molecule has 2 aromatic carbocycles. The van der Waals surface area contributed by atoms with Crippen LogP contribution in [0.5, 0.6) is 5.75 Å². The van der Waals surface area contributed by atoms with Crippen molar-refractivity contribution in [2.75, 3.05) is 23.8 Å². The lowest BCUT2D eigenvalue weighted by Crippen LogP contribution is -2.31. The lowest BCUT2D eigenvalue weighted by atomic mass is 10.1. The Hall–Kier alpha value is -3.28. The molecule has 0 radical (unpaired) electrons. The number of benzene rings is 2. The van der Waals surface area contributed by atoms with E-state index in [2.05, 4.69) is 22.5 Å². The Morgan fingerprint density at radius 3 is 2.54 bits per heavy atom. The van der Waals surface area contributed by atoms with E-state index in [1.54, 1.807) is 30.3 Å². The van der Waals surface area contributed by atoms with Gasteiger partial charge in [-0.25, -0.2) is 0 Å². The van der Waals surface area contributed by atoms with E-state index in [9.17, 15) is 9.59 Å². The third-order valence-corrected chi connectivity index (χ3v) is 4.10. The van der Waals surface area contributed by atoms with Crippen molar-refractivity contribution in [1.29, 1.82) is 0 Å². The molecule has 6 nitrogen and oxygen atoms in total. The van der Waals surface area contributed by atoms with Gasteiger partial charge in [-0.1, -0.05) is 31.7 Å². The molecule has 2 rings (SSSR count). The number of para-hydroxylation sites is 2. The normalized spacial score (nSPS) is 11.2. The summed E-state index contributed by atoms with van der Waals surface area (Å²) in [4.78, 5) is 24.3. The summed E-state index contributed by atoms with van der Waals surface area (Å²) in [6.45, 7) is 8.08. The molecule has 2 amide bonds. The number of hydrogen-bond donors (Lipinski definition) is 3. The van der Waals surface area contributed by atoms with Crippen LogP contribution in [0.25, 0.3) is 0 Å². The van der Waals surface area contributed by atoms with E-state index in [1.807, 2.05) is 38.1 Å². The summed E-state index contributed by atoms with van der Waals surface area (Å²) in [5, 5.41) is 8.78. The van der Waals surface area contributed by atoms with Gasteiger partial charge < -0.3 is 20.7 Å². The molecule has 0 heterocycles. The van der Waals surface area contributed by atoms with Gasteiger partial charge in [0.15, 0.2) is 0 Å². The number of carbonyl (C=O) groups excluding carboxylic acids is 2. The summed E-state index contributed by atoms with van der Waals surface area (Å²) in [5.74, 6) is 0.340. The Morgan fingerprint density at radius 1 is 1.14 bits per heavy atom.